The molecule has 1 aromatic rings. The molecular weight excluding hydrogens is 224 g/mol. The summed E-state index contributed by atoms with van der Waals surface area (Å²) in [5.74, 6) is 0.520. The van der Waals surface area contributed by atoms with E-state index in [1.165, 1.54) is 12.8 Å². The number of halogens is 1. The minimum atomic E-state index is -0.194. The Kier molecular flexibility index (Phi) is 3.79. The maximum atomic E-state index is 9.82. The molecule has 1 saturated carbocycles. The van der Waals surface area contributed by atoms with Crippen LogP contribution in [0.5, 0.6) is 0 Å². The Hall–Kier alpha value is -0.640. The third-order valence-electron chi connectivity index (χ3n) is 2.94. The van der Waals surface area contributed by atoms with E-state index in [1.807, 2.05) is 19.2 Å². The Labute approximate surface area is 101 Å². The fraction of sp³-hybridized carbons (Fsp3) is 0.583. The lowest BCUT2D eigenvalue weighted by Gasteiger charge is -2.20. The molecule has 1 aliphatic rings. The summed E-state index contributed by atoms with van der Waals surface area (Å²) >= 11 is 5.98. The van der Waals surface area contributed by atoms with Crippen molar-refractivity contribution >= 4 is 11.6 Å². The van der Waals surface area contributed by atoms with E-state index in [-0.39, 0.29) is 6.10 Å². The van der Waals surface area contributed by atoms with Gasteiger partial charge in [0.25, 0.3) is 0 Å². The summed E-state index contributed by atoms with van der Waals surface area (Å²) in [5.41, 5.74) is 1.01. The van der Waals surface area contributed by atoms with Gasteiger partial charge in [-0.05, 0) is 31.9 Å². The summed E-state index contributed by atoms with van der Waals surface area (Å²) in [6.45, 7) is 1.44. The van der Waals surface area contributed by atoms with Gasteiger partial charge < -0.3 is 5.11 Å². The van der Waals surface area contributed by atoms with Crippen LogP contribution in [0.15, 0.2) is 18.3 Å². The largest absolute Gasteiger partial charge is 0.392 e. The molecule has 16 heavy (non-hydrogen) atoms. The maximum Gasteiger partial charge on any atom is 0.133 e. The number of hydrogen-bond donors (Lipinski definition) is 1. The van der Waals surface area contributed by atoms with E-state index >= 15 is 0 Å². The fourth-order valence-electron chi connectivity index (χ4n) is 1.84. The number of rotatable bonds is 5. The first-order valence-corrected chi connectivity index (χ1v) is 6.00. The third-order valence-corrected chi connectivity index (χ3v) is 3.28. The second-order valence-electron chi connectivity index (χ2n) is 4.55. The first kappa shape index (κ1) is 11.8. The van der Waals surface area contributed by atoms with Crippen molar-refractivity contribution in [2.75, 3.05) is 13.6 Å². The molecule has 0 aromatic carbocycles. The summed E-state index contributed by atoms with van der Waals surface area (Å²) in [4.78, 5) is 6.12. The molecule has 4 heteroatoms. The van der Waals surface area contributed by atoms with Gasteiger partial charge in [0.2, 0.25) is 0 Å². The quantitative estimate of drug-likeness (QED) is 0.800. The van der Waals surface area contributed by atoms with Crippen LogP contribution in [-0.2, 0) is 6.54 Å². The van der Waals surface area contributed by atoms with Gasteiger partial charge in [0.05, 0.1) is 6.10 Å². The summed E-state index contributed by atoms with van der Waals surface area (Å²) < 4.78 is 0. The lowest BCUT2D eigenvalue weighted by atomic mass is 10.2. The molecule has 1 heterocycles. The molecule has 3 nitrogen and oxygen atoms in total. The molecule has 1 unspecified atom stereocenters. The van der Waals surface area contributed by atoms with E-state index in [9.17, 15) is 5.11 Å². The number of hydrogen-bond acceptors (Lipinski definition) is 3. The SMILES string of the molecule is CN(Cc1cccnc1Cl)CC(O)C1CC1. The van der Waals surface area contributed by atoms with Crippen molar-refractivity contribution in [3.8, 4) is 0 Å². The van der Waals surface area contributed by atoms with E-state index in [1.54, 1.807) is 6.20 Å². The molecule has 0 amide bonds. The highest BCUT2D eigenvalue weighted by Gasteiger charge is 2.30. The summed E-state index contributed by atoms with van der Waals surface area (Å²) in [6.07, 6.45) is 3.83. The molecule has 0 aliphatic heterocycles. The zero-order valence-corrected chi connectivity index (χ0v) is 10.2. The Morgan fingerprint density at radius 1 is 1.62 bits per heavy atom. The molecule has 0 saturated heterocycles. The molecule has 0 bridgehead atoms. The lowest BCUT2D eigenvalue weighted by Crippen LogP contribution is -2.30. The molecule has 0 radical (unpaired) electrons. The highest BCUT2D eigenvalue weighted by molar-refractivity contribution is 6.30. The second-order valence-corrected chi connectivity index (χ2v) is 4.91. The van der Waals surface area contributed by atoms with Gasteiger partial charge in [0.1, 0.15) is 5.15 Å². The van der Waals surface area contributed by atoms with Crippen LogP contribution in [0.3, 0.4) is 0 Å². The van der Waals surface area contributed by atoms with Crippen LogP contribution >= 0.6 is 11.6 Å². The van der Waals surface area contributed by atoms with Crippen molar-refractivity contribution < 1.29 is 5.11 Å². The molecule has 1 aromatic heterocycles. The Morgan fingerprint density at radius 3 is 3.00 bits per heavy atom. The van der Waals surface area contributed by atoms with Crippen LogP contribution < -0.4 is 0 Å². The minimum Gasteiger partial charge on any atom is -0.392 e. The second kappa shape index (κ2) is 5.13. The normalized spacial score (nSPS) is 17.8. The fourth-order valence-corrected chi connectivity index (χ4v) is 2.02. The number of aromatic nitrogens is 1. The molecule has 1 atom stereocenters. The van der Waals surface area contributed by atoms with Crippen LogP contribution in [0.4, 0.5) is 0 Å². The van der Waals surface area contributed by atoms with Gasteiger partial charge in [-0.15, -0.1) is 0 Å². The van der Waals surface area contributed by atoms with E-state index in [4.69, 9.17) is 11.6 Å². The van der Waals surface area contributed by atoms with Crippen molar-refractivity contribution in [3.63, 3.8) is 0 Å². The van der Waals surface area contributed by atoms with Crippen LogP contribution in [0.2, 0.25) is 5.15 Å². The van der Waals surface area contributed by atoms with Crippen molar-refractivity contribution in [2.24, 2.45) is 5.92 Å². The number of aliphatic hydroxyl groups excluding tert-OH is 1. The number of likely N-dealkylation sites (N-methyl/N-ethyl adjacent to an activating group) is 1. The van der Waals surface area contributed by atoms with Crippen LogP contribution in [0.25, 0.3) is 0 Å². The highest BCUT2D eigenvalue weighted by atomic mass is 35.5. The first-order valence-electron chi connectivity index (χ1n) is 5.63. The summed E-state index contributed by atoms with van der Waals surface area (Å²) in [6, 6.07) is 3.85. The van der Waals surface area contributed by atoms with Crippen LogP contribution in [-0.4, -0.2) is 34.7 Å². The Bertz CT molecular complexity index is 355. The van der Waals surface area contributed by atoms with E-state index < -0.39 is 0 Å². The molecule has 2 rings (SSSR count). The standard InChI is InChI=1S/C12H17ClN2O/c1-15(8-11(16)9-4-5-9)7-10-3-2-6-14-12(10)13/h2-3,6,9,11,16H,4-5,7-8H2,1H3. The predicted molar refractivity (Wildman–Crippen MR) is 64.3 cm³/mol. The number of pyridine rings is 1. The summed E-state index contributed by atoms with van der Waals surface area (Å²) in [5, 5.41) is 10.4. The lowest BCUT2D eigenvalue weighted by molar-refractivity contribution is 0.104. The topological polar surface area (TPSA) is 36.4 Å². The van der Waals surface area contributed by atoms with Gasteiger partial charge in [0, 0.05) is 24.8 Å². The van der Waals surface area contributed by atoms with Gasteiger partial charge in [-0.3, -0.25) is 4.90 Å². The van der Waals surface area contributed by atoms with E-state index in [0.717, 1.165) is 12.1 Å². The van der Waals surface area contributed by atoms with Gasteiger partial charge in [-0.25, -0.2) is 4.98 Å². The zero-order valence-electron chi connectivity index (χ0n) is 9.43. The predicted octanol–water partition coefficient (Wildman–Crippen LogP) is 1.94. The molecule has 0 spiro atoms. The van der Waals surface area contributed by atoms with Gasteiger partial charge >= 0.3 is 0 Å². The number of aliphatic hydroxyl groups is 1. The van der Waals surface area contributed by atoms with Gasteiger partial charge in [-0.1, -0.05) is 17.7 Å². The van der Waals surface area contributed by atoms with E-state index in [2.05, 4.69) is 9.88 Å². The smallest absolute Gasteiger partial charge is 0.133 e. The minimum absolute atomic E-state index is 0.194. The van der Waals surface area contributed by atoms with Crippen LogP contribution in [0.1, 0.15) is 18.4 Å². The van der Waals surface area contributed by atoms with Crippen molar-refractivity contribution in [3.05, 3.63) is 29.0 Å². The third kappa shape index (κ3) is 3.17. The molecular formula is C12H17ClN2O. The molecule has 1 aliphatic carbocycles. The maximum absolute atomic E-state index is 9.82. The average molecular weight is 241 g/mol. The zero-order chi connectivity index (χ0) is 11.5. The van der Waals surface area contributed by atoms with Crippen molar-refractivity contribution in [1.82, 2.24) is 9.88 Å². The van der Waals surface area contributed by atoms with Gasteiger partial charge in [0.15, 0.2) is 0 Å². The molecule has 88 valence electrons. The monoisotopic (exact) mass is 240 g/mol. The van der Waals surface area contributed by atoms with Crippen molar-refractivity contribution in [1.29, 1.82) is 0 Å². The summed E-state index contributed by atoms with van der Waals surface area (Å²) in [7, 11) is 1.99. The molecule has 1 fully saturated rings. The van der Waals surface area contributed by atoms with Crippen molar-refractivity contribution in [2.45, 2.75) is 25.5 Å². The Balaban J connectivity index is 1.86. The van der Waals surface area contributed by atoms with Crippen LogP contribution in [0, 0.1) is 5.92 Å². The number of nitrogens with zero attached hydrogens (tertiary/aromatic N) is 2. The van der Waals surface area contributed by atoms with Gasteiger partial charge in [-0.2, -0.15) is 0 Å². The van der Waals surface area contributed by atoms with E-state index in [0.29, 0.717) is 17.6 Å². The average Bonchev–Trinajstić information content (AvgIpc) is 3.04. The Morgan fingerprint density at radius 2 is 2.38 bits per heavy atom. The molecule has 1 N–H and O–H groups in total. The first-order chi connectivity index (χ1) is 7.66. The highest BCUT2D eigenvalue weighted by Crippen LogP contribution is 2.32.